The predicted molar refractivity (Wildman–Crippen MR) is 62.0 cm³/mol. The number of Topliss-reactive ketones (excluding diaryl/α,β-unsaturated/α-hetero) is 1. The van der Waals surface area contributed by atoms with Crippen LogP contribution in [0.2, 0.25) is 5.02 Å². The van der Waals surface area contributed by atoms with Gasteiger partial charge < -0.3 is 5.73 Å². The van der Waals surface area contributed by atoms with Crippen LogP contribution in [0.1, 0.15) is 21.5 Å². The van der Waals surface area contributed by atoms with E-state index in [9.17, 15) is 4.79 Å². The largest absolute Gasteiger partial charge is 0.324 e. The van der Waals surface area contributed by atoms with E-state index in [0.717, 1.165) is 15.6 Å². The Morgan fingerprint density at radius 1 is 1.50 bits per heavy atom. The molecule has 0 aliphatic heterocycles. The summed E-state index contributed by atoms with van der Waals surface area (Å²) in [5.74, 6) is -0.0925. The number of nitrogens with two attached hydrogens (primary N) is 1. The van der Waals surface area contributed by atoms with E-state index in [0.29, 0.717) is 10.6 Å². The highest BCUT2D eigenvalue weighted by atomic mass is 79.9. The Morgan fingerprint density at radius 3 is 2.57 bits per heavy atom. The smallest absolute Gasteiger partial charge is 0.176 e. The van der Waals surface area contributed by atoms with E-state index in [1.807, 2.05) is 13.8 Å². The lowest BCUT2D eigenvalue weighted by Gasteiger charge is -2.10. The number of carbonyl (C=O) groups excluding carboxylic acids is 1. The van der Waals surface area contributed by atoms with Crippen molar-refractivity contribution in [2.75, 3.05) is 6.54 Å². The number of halogens is 2. The number of ketones is 1. The van der Waals surface area contributed by atoms with Crippen LogP contribution >= 0.6 is 27.5 Å². The number of carbonyl (C=O) groups is 1. The first-order valence-corrected chi connectivity index (χ1v) is 5.34. The van der Waals surface area contributed by atoms with E-state index in [2.05, 4.69) is 15.9 Å². The van der Waals surface area contributed by atoms with Gasteiger partial charge in [-0.05, 0) is 31.0 Å². The average molecular weight is 277 g/mol. The molecule has 0 amide bonds. The van der Waals surface area contributed by atoms with Gasteiger partial charge in [-0.1, -0.05) is 27.5 Å². The highest BCUT2D eigenvalue weighted by Gasteiger charge is 2.13. The maximum absolute atomic E-state index is 11.4. The van der Waals surface area contributed by atoms with E-state index in [4.69, 9.17) is 17.3 Å². The van der Waals surface area contributed by atoms with Crippen LogP contribution in [0.3, 0.4) is 0 Å². The van der Waals surface area contributed by atoms with E-state index in [-0.39, 0.29) is 12.3 Å². The van der Waals surface area contributed by atoms with E-state index < -0.39 is 0 Å². The summed E-state index contributed by atoms with van der Waals surface area (Å²) in [6.45, 7) is 3.78. The molecule has 0 spiro atoms. The molecule has 0 aliphatic carbocycles. The zero-order chi connectivity index (χ0) is 10.9. The first-order chi connectivity index (χ1) is 6.49. The molecule has 1 aromatic carbocycles. The zero-order valence-corrected chi connectivity index (χ0v) is 10.4. The third kappa shape index (κ3) is 2.00. The van der Waals surface area contributed by atoms with Gasteiger partial charge in [-0.3, -0.25) is 4.79 Å². The summed E-state index contributed by atoms with van der Waals surface area (Å²) >= 11 is 9.37. The molecule has 0 unspecified atom stereocenters. The van der Waals surface area contributed by atoms with Crippen molar-refractivity contribution in [3.8, 4) is 0 Å². The van der Waals surface area contributed by atoms with E-state index in [1.165, 1.54) is 0 Å². The fourth-order valence-electron chi connectivity index (χ4n) is 1.25. The minimum Gasteiger partial charge on any atom is -0.324 e. The summed E-state index contributed by atoms with van der Waals surface area (Å²) in [6, 6.07) is 1.67. The van der Waals surface area contributed by atoms with E-state index >= 15 is 0 Å². The average Bonchev–Trinajstić information content (AvgIpc) is 2.19. The number of rotatable bonds is 2. The molecular formula is C10H11BrClNO. The third-order valence-electron chi connectivity index (χ3n) is 2.18. The number of hydrogen-bond acceptors (Lipinski definition) is 2. The van der Waals surface area contributed by atoms with Crippen molar-refractivity contribution in [1.29, 1.82) is 0 Å². The number of hydrogen-bond donors (Lipinski definition) is 1. The lowest BCUT2D eigenvalue weighted by atomic mass is 10.0. The summed E-state index contributed by atoms with van der Waals surface area (Å²) in [4.78, 5) is 11.4. The van der Waals surface area contributed by atoms with Crippen LogP contribution in [0.15, 0.2) is 10.5 Å². The highest BCUT2D eigenvalue weighted by molar-refractivity contribution is 9.10. The predicted octanol–water partition coefficient (Wildman–Crippen LogP) is 2.86. The normalized spacial score (nSPS) is 10.4. The monoisotopic (exact) mass is 275 g/mol. The molecule has 2 N–H and O–H groups in total. The zero-order valence-electron chi connectivity index (χ0n) is 8.03. The van der Waals surface area contributed by atoms with Crippen LogP contribution < -0.4 is 5.73 Å². The van der Waals surface area contributed by atoms with Gasteiger partial charge in [-0.15, -0.1) is 0 Å². The summed E-state index contributed by atoms with van der Waals surface area (Å²) < 4.78 is 0.877. The topological polar surface area (TPSA) is 43.1 Å². The second kappa shape index (κ2) is 4.43. The Balaban J connectivity index is 3.40. The molecule has 0 atom stereocenters. The number of benzene rings is 1. The van der Waals surface area contributed by atoms with Gasteiger partial charge in [0.2, 0.25) is 0 Å². The molecule has 4 heteroatoms. The Kier molecular flexibility index (Phi) is 3.70. The van der Waals surface area contributed by atoms with Crippen molar-refractivity contribution in [3.63, 3.8) is 0 Å². The van der Waals surface area contributed by atoms with Crippen LogP contribution in [0.5, 0.6) is 0 Å². The van der Waals surface area contributed by atoms with Crippen LogP contribution in [-0.4, -0.2) is 12.3 Å². The molecule has 76 valence electrons. The fourth-order valence-corrected chi connectivity index (χ4v) is 1.99. The maximum Gasteiger partial charge on any atom is 0.176 e. The van der Waals surface area contributed by atoms with Crippen molar-refractivity contribution in [3.05, 3.63) is 32.3 Å². The van der Waals surface area contributed by atoms with Gasteiger partial charge in [0.15, 0.2) is 5.78 Å². The lowest BCUT2D eigenvalue weighted by molar-refractivity contribution is 0.100. The first-order valence-electron chi connectivity index (χ1n) is 4.17. The van der Waals surface area contributed by atoms with Gasteiger partial charge in [-0.2, -0.15) is 0 Å². The Labute approximate surface area is 96.6 Å². The van der Waals surface area contributed by atoms with Gasteiger partial charge in [0, 0.05) is 15.1 Å². The molecule has 0 saturated carbocycles. The standard InChI is InChI=1S/C10H11BrClNO/c1-5-7(9(14)4-13)3-8(12)6(2)10(5)11/h3H,4,13H2,1-2H3. The van der Waals surface area contributed by atoms with Crippen LogP contribution in [-0.2, 0) is 0 Å². The fraction of sp³-hybridized carbons (Fsp3) is 0.300. The maximum atomic E-state index is 11.4. The SMILES string of the molecule is Cc1c(Cl)cc(C(=O)CN)c(C)c1Br. The summed E-state index contributed by atoms with van der Waals surface area (Å²) in [5.41, 5.74) is 7.73. The van der Waals surface area contributed by atoms with Gasteiger partial charge in [-0.25, -0.2) is 0 Å². The molecule has 14 heavy (non-hydrogen) atoms. The Bertz CT molecular complexity index is 390. The van der Waals surface area contributed by atoms with Crippen molar-refractivity contribution >= 4 is 33.3 Å². The highest BCUT2D eigenvalue weighted by Crippen LogP contribution is 2.30. The summed E-state index contributed by atoms with van der Waals surface area (Å²) in [6.07, 6.45) is 0. The molecule has 0 aliphatic rings. The molecule has 1 rings (SSSR count). The van der Waals surface area contributed by atoms with Gasteiger partial charge in [0.25, 0.3) is 0 Å². The van der Waals surface area contributed by atoms with Gasteiger partial charge in [0.1, 0.15) is 0 Å². The molecule has 0 radical (unpaired) electrons. The van der Waals surface area contributed by atoms with Gasteiger partial charge >= 0.3 is 0 Å². The molecular weight excluding hydrogens is 265 g/mol. The summed E-state index contributed by atoms with van der Waals surface area (Å²) in [7, 11) is 0. The molecule has 0 heterocycles. The van der Waals surface area contributed by atoms with Crippen molar-refractivity contribution in [2.45, 2.75) is 13.8 Å². The Hall–Kier alpha value is -0.380. The van der Waals surface area contributed by atoms with Crippen molar-refractivity contribution < 1.29 is 4.79 Å². The second-order valence-corrected chi connectivity index (χ2v) is 4.30. The Morgan fingerprint density at radius 2 is 2.07 bits per heavy atom. The molecule has 0 fully saturated rings. The molecule has 2 nitrogen and oxygen atoms in total. The quantitative estimate of drug-likeness (QED) is 0.844. The van der Waals surface area contributed by atoms with Crippen LogP contribution in [0, 0.1) is 13.8 Å². The minimum absolute atomic E-state index is 0.00662. The molecule has 0 saturated heterocycles. The minimum atomic E-state index is -0.0925. The first kappa shape index (κ1) is 11.7. The van der Waals surface area contributed by atoms with Crippen LogP contribution in [0.25, 0.3) is 0 Å². The van der Waals surface area contributed by atoms with E-state index in [1.54, 1.807) is 6.07 Å². The van der Waals surface area contributed by atoms with Crippen molar-refractivity contribution in [1.82, 2.24) is 0 Å². The van der Waals surface area contributed by atoms with Gasteiger partial charge in [0.05, 0.1) is 6.54 Å². The summed E-state index contributed by atoms with van der Waals surface area (Å²) in [5, 5.41) is 0.583. The third-order valence-corrected chi connectivity index (χ3v) is 3.76. The van der Waals surface area contributed by atoms with Crippen LogP contribution in [0.4, 0.5) is 0 Å². The molecule has 0 aromatic heterocycles. The lowest BCUT2D eigenvalue weighted by Crippen LogP contribution is -2.15. The molecule has 0 bridgehead atoms. The second-order valence-electron chi connectivity index (χ2n) is 3.10. The molecule has 1 aromatic rings. The van der Waals surface area contributed by atoms with Crippen molar-refractivity contribution in [2.24, 2.45) is 5.73 Å².